The van der Waals surface area contributed by atoms with E-state index in [2.05, 4.69) is 28.1 Å². The Hall–Kier alpha value is -2.19. The molecule has 0 heterocycles. The Balaban J connectivity index is 2.00. The number of rotatable bonds is 7. The van der Waals surface area contributed by atoms with E-state index < -0.39 is 0 Å². The first-order chi connectivity index (χ1) is 11.5. The minimum atomic E-state index is 0.373. The molecular formula is C19H20BrNO3. The van der Waals surface area contributed by atoms with Gasteiger partial charge in [-0.25, -0.2) is 0 Å². The van der Waals surface area contributed by atoms with Crippen LogP contribution in [0.15, 0.2) is 34.8 Å². The molecule has 0 saturated heterocycles. The van der Waals surface area contributed by atoms with E-state index in [4.69, 9.17) is 19.5 Å². The third-order valence-electron chi connectivity index (χ3n) is 3.23. The van der Waals surface area contributed by atoms with Crippen molar-refractivity contribution in [3.8, 4) is 23.3 Å². The molecule has 0 aliphatic carbocycles. The zero-order valence-corrected chi connectivity index (χ0v) is 15.6. The minimum Gasteiger partial charge on any atom is -0.490 e. The summed E-state index contributed by atoms with van der Waals surface area (Å²) in [5.74, 6) is 1.97. The van der Waals surface area contributed by atoms with E-state index in [9.17, 15) is 0 Å². The van der Waals surface area contributed by atoms with E-state index in [0.717, 1.165) is 5.75 Å². The van der Waals surface area contributed by atoms with Crippen molar-refractivity contribution in [2.24, 2.45) is 0 Å². The average Bonchev–Trinajstić information content (AvgIpc) is 2.52. The van der Waals surface area contributed by atoms with E-state index in [-0.39, 0.29) is 0 Å². The van der Waals surface area contributed by atoms with Gasteiger partial charge in [0.05, 0.1) is 22.7 Å². The van der Waals surface area contributed by atoms with Crippen molar-refractivity contribution in [1.82, 2.24) is 0 Å². The molecule has 0 aliphatic heterocycles. The molecule has 0 aromatic heterocycles. The molecule has 2 aromatic rings. The molecule has 0 radical (unpaired) electrons. The second-order valence-corrected chi connectivity index (χ2v) is 6.20. The quantitative estimate of drug-likeness (QED) is 0.638. The number of ether oxygens (including phenoxy) is 3. The predicted octanol–water partition coefficient (Wildman–Crippen LogP) is 4.79. The maximum absolute atomic E-state index is 9.04. The largest absolute Gasteiger partial charge is 0.490 e. The number of halogens is 1. The molecule has 0 amide bonds. The van der Waals surface area contributed by atoms with Crippen LogP contribution in [-0.2, 0) is 0 Å². The maximum atomic E-state index is 9.04. The molecule has 24 heavy (non-hydrogen) atoms. The van der Waals surface area contributed by atoms with Gasteiger partial charge in [0.25, 0.3) is 0 Å². The van der Waals surface area contributed by atoms with Crippen molar-refractivity contribution >= 4 is 15.9 Å². The van der Waals surface area contributed by atoms with Crippen LogP contribution in [0.4, 0.5) is 0 Å². The van der Waals surface area contributed by atoms with Crippen LogP contribution in [0, 0.1) is 25.2 Å². The van der Waals surface area contributed by atoms with Gasteiger partial charge in [0.15, 0.2) is 11.5 Å². The van der Waals surface area contributed by atoms with E-state index >= 15 is 0 Å². The van der Waals surface area contributed by atoms with Crippen LogP contribution in [0.3, 0.4) is 0 Å². The second kappa shape index (κ2) is 8.60. The number of nitrogens with zero attached hydrogens (tertiary/aromatic N) is 1. The minimum absolute atomic E-state index is 0.373. The third-order valence-corrected chi connectivity index (χ3v) is 3.82. The van der Waals surface area contributed by atoms with Gasteiger partial charge in [-0.2, -0.15) is 5.26 Å². The first kappa shape index (κ1) is 18.2. The van der Waals surface area contributed by atoms with Crippen LogP contribution >= 0.6 is 15.9 Å². The zero-order valence-electron chi connectivity index (χ0n) is 14.1. The fourth-order valence-electron chi connectivity index (χ4n) is 2.36. The summed E-state index contributed by atoms with van der Waals surface area (Å²) in [5.41, 5.74) is 2.85. The molecule has 2 rings (SSSR count). The molecular weight excluding hydrogens is 370 g/mol. The Bertz CT molecular complexity index is 733. The van der Waals surface area contributed by atoms with Crippen molar-refractivity contribution < 1.29 is 14.2 Å². The van der Waals surface area contributed by atoms with Gasteiger partial charge in [0, 0.05) is 6.07 Å². The Labute approximate surface area is 151 Å². The number of benzene rings is 2. The highest BCUT2D eigenvalue weighted by molar-refractivity contribution is 9.10. The summed E-state index contributed by atoms with van der Waals surface area (Å²) in [5, 5.41) is 9.04. The van der Waals surface area contributed by atoms with Crippen molar-refractivity contribution in [3.05, 3.63) is 51.5 Å². The summed E-state index contributed by atoms with van der Waals surface area (Å²) >= 11 is 3.43. The van der Waals surface area contributed by atoms with E-state index in [1.54, 1.807) is 12.1 Å². The Morgan fingerprint density at radius 3 is 2.25 bits per heavy atom. The van der Waals surface area contributed by atoms with Crippen LogP contribution in [0.2, 0.25) is 0 Å². The summed E-state index contributed by atoms with van der Waals surface area (Å²) in [6.07, 6.45) is 0. The van der Waals surface area contributed by atoms with Gasteiger partial charge >= 0.3 is 0 Å². The normalized spacial score (nSPS) is 10.1. The molecule has 4 nitrogen and oxygen atoms in total. The number of aryl methyl sites for hydroxylation is 2. The molecule has 0 atom stereocenters. The zero-order chi connectivity index (χ0) is 17.5. The molecule has 0 bridgehead atoms. The highest BCUT2D eigenvalue weighted by atomic mass is 79.9. The van der Waals surface area contributed by atoms with Crippen molar-refractivity contribution in [1.29, 1.82) is 5.26 Å². The summed E-state index contributed by atoms with van der Waals surface area (Å²) in [6.45, 7) is 7.26. The van der Waals surface area contributed by atoms with Gasteiger partial charge in [-0.1, -0.05) is 6.07 Å². The predicted molar refractivity (Wildman–Crippen MR) is 96.9 cm³/mol. The van der Waals surface area contributed by atoms with Crippen LogP contribution < -0.4 is 14.2 Å². The van der Waals surface area contributed by atoms with E-state index in [1.165, 1.54) is 11.1 Å². The van der Waals surface area contributed by atoms with Gasteiger partial charge in [0.2, 0.25) is 0 Å². The lowest BCUT2D eigenvalue weighted by Gasteiger charge is -2.14. The number of hydrogen-bond donors (Lipinski definition) is 0. The standard InChI is InChI=1S/C19H20BrNO3/c1-4-22-18-11-15(12-21)10-17(20)19(18)24-6-5-23-16-8-13(2)7-14(3)9-16/h7-11H,4-6H2,1-3H3. The SMILES string of the molecule is CCOc1cc(C#N)cc(Br)c1OCCOc1cc(C)cc(C)c1. The van der Waals surface area contributed by atoms with Gasteiger partial charge in [0.1, 0.15) is 19.0 Å². The summed E-state index contributed by atoms with van der Waals surface area (Å²) < 4.78 is 17.8. The summed E-state index contributed by atoms with van der Waals surface area (Å²) in [4.78, 5) is 0. The van der Waals surface area contributed by atoms with Crippen LogP contribution in [0.5, 0.6) is 17.2 Å². The Kier molecular flexibility index (Phi) is 6.51. The number of nitriles is 1. The smallest absolute Gasteiger partial charge is 0.175 e. The fraction of sp³-hybridized carbons (Fsp3) is 0.316. The van der Waals surface area contributed by atoms with Gasteiger partial charge in [-0.05, 0) is 66.0 Å². The first-order valence-electron chi connectivity index (χ1n) is 7.73. The van der Waals surface area contributed by atoms with Crippen LogP contribution in [-0.4, -0.2) is 19.8 Å². The molecule has 5 heteroatoms. The summed E-state index contributed by atoms with van der Waals surface area (Å²) in [7, 11) is 0. The van der Waals surface area contributed by atoms with Crippen LogP contribution in [0.1, 0.15) is 23.6 Å². The van der Waals surface area contributed by atoms with Gasteiger partial charge < -0.3 is 14.2 Å². The van der Waals surface area contributed by atoms with Crippen molar-refractivity contribution in [2.75, 3.05) is 19.8 Å². The second-order valence-electron chi connectivity index (χ2n) is 5.35. The van der Waals surface area contributed by atoms with E-state index in [1.807, 2.05) is 32.9 Å². The molecule has 0 spiro atoms. The van der Waals surface area contributed by atoms with Gasteiger partial charge in [-0.3, -0.25) is 0 Å². The molecule has 0 aliphatic rings. The lowest BCUT2D eigenvalue weighted by Crippen LogP contribution is -2.10. The highest BCUT2D eigenvalue weighted by Crippen LogP contribution is 2.36. The lowest BCUT2D eigenvalue weighted by atomic mass is 10.1. The Morgan fingerprint density at radius 1 is 0.958 bits per heavy atom. The van der Waals surface area contributed by atoms with Gasteiger partial charge in [-0.15, -0.1) is 0 Å². The highest BCUT2D eigenvalue weighted by Gasteiger charge is 2.12. The topological polar surface area (TPSA) is 51.5 Å². The monoisotopic (exact) mass is 389 g/mol. The van der Waals surface area contributed by atoms with Crippen molar-refractivity contribution in [3.63, 3.8) is 0 Å². The number of hydrogen-bond acceptors (Lipinski definition) is 4. The lowest BCUT2D eigenvalue weighted by molar-refractivity contribution is 0.207. The molecule has 0 N–H and O–H groups in total. The van der Waals surface area contributed by atoms with Crippen LogP contribution in [0.25, 0.3) is 0 Å². The first-order valence-corrected chi connectivity index (χ1v) is 8.53. The maximum Gasteiger partial charge on any atom is 0.175 e. The van der Waals surface area contributed by atoms with Crippen molar-refractivity contribution in [2.45, 2.75) is 20.8 Å². The Morgan fingerprint density at radius 2 is 1.62 bits per heavy atom. The fourth-order valence-corrected chi connectivity index (χ4v) is 2.91. The molecule has 126 valence electrons. The molecule has 2 aromatic carbocycles. The third kappa shape index (κ3) is 4.90. The van der Waals surface area contributed by atoms with E-state index in [0.29, 0.717) is 41.4 Å². The molecule has 0 fully saturated rings. The molecule has 0 saturated carbocycles. The molecule has 0 unspecified atom stereocenters. The average molecular weight is 390 g/mol. The summed E-state index contributed by atoms with van der Waals surface area (Å²) in [6, 6.07) is 11.6.